The molecule has 1 fully saturated rings. The van der Waals surface area contributed by atoms with E-state index in [1.165, 1.54) is 12.0 Å². The molecular formula is C18H22N4O4. The number of likely N-dealkylation sites (tertiary alicyclic amines) is 1. The number of amides is 1. The first-order chi connectivity index (χ1) is 12.5. The first kappa shape index (κ1) is 18.1. The van der Waals surface area contributed by atoms with Crippen LogP contribution in [-0.2, 0) is 16.1 Å². The van der Waals surface area contributed by atoms with Crippen molar-refractivity contribution in [1.29, 1.82) is 0 Å². The summed E-state index contributed by atoms with van der Waals surface area (Å²) in [4.78, 5) is 26.0. The second-order valence-electron chi connectivity index (χ2n) is 6.64. The Morgan fingerprint density at radius 1 is 1.31 bits per heavy atom. The summed E-state index contributed by atoms with van der Waals surface area (Å²) >= 11 is 0. The number of carbonyl (C=O) groups is 2. The van der Waals surface area contributed by atoms with E-state index < -0.39 is 11.4 Å². The van der Waals surface area contributed by atoms with Crippen molar-refractivity contribution in [1.82, 2.24) is 19.9 Å². The minimum atomic E-state index is -1.07. The van der Waals surface area contributed by atoms with E-state index in [4.69, 9.17) is 4.74 Å². The molecule has 1 aliphatic rings. The highest BCUT2D eigenvalue weighted by Gasteiger charge is 2.44. The van der Waals surface area contributed by atoms with Crippen LogP contribution in [0.2, 0.25) is 0 Å². The monoisotopic (exact) mass is 358 g/mol. The van der Waals surface area contributed by atoms with Gasteiger partial charge in [-0.3, -0.25) is 9.59 Å². The Morgan fingerprint density at radius 2 is 2.08 bits per heavy atom. The van der Waals surface area contributed by atoms with Crippen LogP contribution in [0.15, 0.2) is 36.5 Å². The fourth-order valence-electron chi connectivity index (χ4n) is 3.34. The molecule has 1 aromatic carbocycles. The fourth-order valence-corrected chi connectivity index (χ4v) is 3.34. The van der Waals surface area contributed by atoms with Crippen molar-refractivity contribution in [2.75, 3.05) is 26.8 Å². The van der Waals surface area contributed by atoms with Crippen LogP contribution in [0.4, 0.5) is 0 Å². The molecule has 1 saturated heterocycles. The lowest BCUT2D eigenvalue weighted by Crippen LogP contribution is -2.52. The SMILES string of the molecule is COCC1(C(=O)O)CCCN(C(=O)c2cn(Cc3ccccc3)nn2)C1. The second-order valence-corrected chi connectivity index (χ2v) is 6.64. The number of aliphatic carboxylic acids is 1. The van der Waals surface area contributed by atoms with Crippen molar-refractivity contribution >= 4 is 11.9 Å². The molecule has 26 heavy (non-hydrogen) atoms. The quantitative estimate of drug-likeness (QED) is 0.835. The molecule has 8 heteroatoms. The normalized spacial score (nSPS) is 20.1. The van der Waals surface area contributed by atoms with Crippen molar-refractivity contribution in [2.24, 2.45) is 5.41 Å². The van der Waals surface area contributed by atoms with Gasteiger partial charge in [0.2, 0.25) is 0 Å². The lowest BCUT2D eigenvalue weighted by molar-refractivity contribution is -0.155. The van der Waals surface area contributed by atoms with Gasteiger partial charge >= 0.3 is 5.97 Å². The summed E-state index contributed by atoms with van der Waals surface area (Å²) in [6.07, 6.45) is 2.70. The van der Waals surface area contributed by atoms with Crippen LogP contribution in [0, 0.1) is 5.41 Å². The number of carboxylic acids is 1. The van der Waals surface area contributed by atoms with Crippen LogP contribution >= 0.6 is 0 Å². The number of carbonyl (C=O) groups excluding carboxylic acids is 1. The van der Waals surface area contributed by atoms with Gasteiger partial charge in [0.05, 0.1) is 19.3 Å². The van der Waals surface area contributed by atoms with Gasteiger partial charge in [-0.15, -0.1) is 5.10 Å². The lowest BCUT2D eigenvalue weighted by atomic mass is 9.80. The van der Waals surface area contributed by atoms with E-state index in [0.717, 1.165) is 5.56 Å². The molecule has 8 nitrogen and oxygen atoms in total. The number of hydrogen-bond donors (Lipinski definition) is 1. The first-order valence-electron chi connectivity index (χ1n) is 8.50. The van der Waals surface area contributed by atoms with E-state index in [1.54, 1.807) is 10.9 Å². The van der Waals surface area contributed by atoms with E-state index in [9.17, 15) is 14.7 Å². The number of rotatable bonds is 6. The Hall–Kier alpha value is -2.74. The summed E-state index contributed by atoms with van der Waals surface area (Å²) in [7, 11) is 1.47. The highest BCUT2D eigenvalue weighted by atomic mass is 16.5. The highest BCUT2D eigenvalue weighted by Crippen LogP contribution is 2.31. The maximum atomic E-state index is 12.8. The highest BCUT2D eigenvalue weighted by molar-refractivity contribution is 5.92. The molecule has 0 aliphatic carbocycles. The standard InChI is InChI=1S/C18H22N4O4/c1-26-13-18(17(24)25)8-5-9-21(12-18)16(23)15-11-22(20-19-15)10-14-6-3-2-4-7-14/h2-4,6-7,11H,5,8-10,12-13H2,1H3,(H,24,25). The Bertz CT molecular complexity index is 773. The molecule has 0 spiro atoms. The van der Waals surface area contributed by atoms with Gasteiger partial charge in [-0.2, -0.15) is 0 Å². The third-order valence-corrected chi connectivity index (χ3v) is 4.68. The number of methoxy groups -OCH3 is 1. The summed E-state index contributed by atoms with van der Waals surface area (Å²) in [6, 6.07) is 9.76. The Balaban J connectivity index is 1.72. The number of hydrogen-bond acceptors (Lipinski definition) is 5. The average Bonchev–Trinajstić information content (AvgIpc) is 3.10. The third-order valence-electron chi connectivity index (χ3n) is 4.68. The molecule has 1 N–H and O–H groups in total. The summed E-state index contributed by atoms with van der Waals surface area (Å²) in [6.45, 7) is 1.21. The van der Waals surface area contributed by atoms with E-state index in [1.807, 2.05) is 30.3 Å². The number of aromatic nitrogens is 3. The van der Waals surface area contributed by atoms with Gasteiger partial charge in [0.25, 0.3) is 5.91 Å². The molecule has 2 aromatic rings. The molecule has 1 atom stereocenters. The number of nitrogens with zero attached hydrogens (tertiary/aromatic N) is 4. The summed E-state index contributed by atoms with van der Waals surface area (Å²) < 4.78 is 6.70. The van der Waals surface area contributed by atoms with Crippen LogP contribution in [0.5, 0.6) is 0 Å². The minimum absolute atomic E-state index is 0.0762. The van der Waals surface area contributed by atoms with Crippen LogP contribution in [0.25, 0.3) is 0 Å². The molecule has 2 heterocycles. The van der Waals surface area contributed by atoms with Crippen LogP contribution in [0.3, 0.4) is 0 Å². The lowest BCUT2D eigenvalue weighted by Gasteiger charge is -2.39. The predicted octanol–water partition coefficient (Wildman–Crippen LogP) is 1.28. The van der Waals surface area contributed by atoms with Crippen molar-refractivity contribution < 1.29 is 19.4 Å². The van der Waals surface area contributed by atoms with Gasteiger partial charge < -0.3 is 14.7 Å². The molecule has 0 saturated carbocycles. The molecule has 3 rings (SSSR count). The van der Waals surface area contributed by atoms with Crippen LogP contribution < -0.4 is 0 Å². The van der Waals surface area contributed by atoms with Crippen LogP contribution in [-0.4, -0.2) is 63.7 Å². The molecule has 0 bridgehead atoms. The average molecular weight is 358 g/mol. The van der Waals surface area contributed by atoms with Crippen molar-refractivity contribution in [2.45, 2.75) is 19.4 Å². The van der Waals surface area contributed by atoms with E-state index in [0.29, 0.717) is 25.9 Å². The molecule has 1 amide bonds. The Labute approximate surface area is 151 Å². The van der Waals surface area contributed by atoms with E-state index in [2.05, 4.69) is 10.3 Å². The molecule has 0 radical (unpaired) electrons. The van der Waals surface area contributed by atoms with Crippen molar-refractivity contribution in [3.63, 3.8) is 0 Å². The van der Waals surface area contributed by atoms with Crippen molar-refractivity contribution in [3.05, 3.63) is 47.8 Å². The van der Waals surface area contributed by atoms with Gasteiger partial charge in [0.1, 0.15) is 5.41 Å². The largest absolute Gasteiger partial charge is 0.481 e. The van der Waals surface area contributed by atoms with E-state index in [-0.39, 0.29) is 24.8 Å². The van der Waals surface area contributed by atoms with Gasteiger partial charge in [0.15, 0.2) is 5.69 Å². The third kappa shape index (κ3) is 3.75. The predicted molar refractivity (Wildman–Crippen MR) is 92.6 cm³/mol. The smallest absolute Gasteiger partial charge is 0.313 e. The summed E-state index contributed by atoms with van der Waals surface area (Å²) in [5.41, 5.74) is 0.210. The maximum Gasteiger partial charge on any atom is 0.313 e. The van der Waals surface area contributed by atoms with Gasteiger partial charge in [-0.25, -0.2) is 4.68 Å². The topological polar surface area (TPSA) is 97.6 Å². The molecular weight excluding hydrogens is 336 g/mol. The Morgan fingerprint density at radius 3 is 2.77 bits per heavy atom. The summed E-state index contributed by atoms with van der Waals surface area (Å²) in [5.74, 6) is -1.24. The van der Waals surface area contributed by atoms with Crippen molar-refractivity contribution in [3.8, 4) is 0 Å². The molecule has 138 valence electrons. The zero-order valence-electron chi connectivity index (χ0n) is 14.7. The zero-order chi connectivity index (χ0) is 18.6. The molecule has 1 unspecified atom stereocenters. The zero-order valence-corrected chi connectivity index (χ0v) is 14.7. The molecule has 1 aliphatic heterocycles. The van der Waals surface area contributed by atoms with E-state index >= 15 is 0 Å². The maximum absolute atomic E-state index is 12.8. The number of benzene rings is 1. The number of piperidine rings is 1. The van der Waals surface area contributed by atoms with Gasteiger partial charge in [0, 0.05) is 20.2 Å². The fraction of sp³-hybridized carbons (Fsp3) is 0.444. The van der Waals surface area contributed by atoms with Gasteiger partial charge in [-0.05, 0) is 18.4 Å². The second kappa shape index (κ2) is 7.65. The minimum Gasteiger partial charge on any atom is -0.481 e. The van der Waals surface area contributed by atoms with Gasteiger partial charge in [-0.1, -0.05) is 35.5 Å². The first-order valence-corrected chi connectivity index (χ1v) is 8.50. The number of carboxylic acid groups (broad SMARTS) is 1. The number of ether oxygens (including phenoxy) is 1. The van der Waals surface area contributed by atoms with Crippen LogP contribution in [0.1, 0.15) is 28.9 Å². The summed E-state index contributed by atoms with van der Waals surface area (Å²) in [5, 5.41) is 17.6. The molecule has 1 aromatic heterocycles. The Kier molecular flexibility index (Phi) is 5.32.